The predicted octanol–water partition coefficient (Wildman–Crippen LogP) is 3.99. The van der Waals surface area contributed by atoms with Crippen molar-refractivity contribution in [3.63, 3.8) is 0 Å². The number of halogens is 1. The molecule has 0 heterocycles. The minimum Gasteiger partial charge on any atom is -0.501 e. The largest absolute Gasteiger partial charge is 0.501 e. The van der Waals surface area contributed by atoms with E-state index >= 15 is 0 Å². The molecule has 0 bridgehead atoms. The van der Waals surface area contributed by atoms with Crippen molar-refractivity contribution in [3.8, 4) is 11.5 Å². The van der Waals surface area contributed by atoms with Crippen molar-refractivity contribution in [2.24, 2.45) is 5.10 Å². The zero-order chi connectivity index (χ0) is 20.3. The number of amides is 1. The van der Waals surface area contributed by atoms with Crippen molar-refractivity contribution in [2.45, 2.75) is 0 Å². The number of carbonyl (C=O) groups excluding carboxylic acids is 1. The maximum atomic E-state index is 12.5. The van der Waals surface area contributed by atoms with Gasteiger partial charge in [-0.25, -0.2) is 5.43 Å². The van der Waals surface area contributed by atoms with Crippen LogP contribution in [-0.2, 0) is 0 Å². The molecule has 28 heavy (non-hydrogen) atoms. The van der Waals surface area contributed by atoms with Crippen LogP contribution in [0.1, 0.15) is 15.9 Å². The SMILES string of the molecule is COc1cc2ccccc2cc1C(=O)N/N=C\c1cc(Br)c(O)c([N+](=O)[O-])c1. The highest BCUT2D eigenvalue weighted by Crippen LogP contribution is 2.34. The van der Waals surface area contributed by atoms with Gasteiger partial charge in [-0.1, -0.05) is 24.3 Å². The van der Waals surface area contributed by atoms with E-state index < -0.39 is 22.3 Å². The molecule has 3 aromatic carbocycles. The number of phenolic OH excluding ortho intramolecular Hbond substituents is 1. The molecule has 0 fully saturated rings. The summed E-state index contributed by atoms with van der Waals surface area (Å²) in [5.41, 5.74) is 2.52. The van der Waals surface area contributed by atoms with E-state index in [0.29, 0.717) is 16.9 Å². The average Bonchev–Trinajstić information content (AvgIpc) is 2.69. The van der Waals surface area contributed by atoms with Crippen LogP contribution in [0.3, 0.4) is 0 Å². The molecular weight excluding hydrogens is 430 g/mol. The van der Waals surface area contributed by atoms with Crippen LogP contribution in [0.15, 0.2) is 58.1 Å². The van der Waals surface area contributed by atoms with Crippen LogP contribution < -0.4 is 10.2 Å². The number of hydrogen-bond acceptors (Lipinski definition) is 6. The molecule has 2 N–H and O–H groups in total. The average molecular weight is 444 g/mol. The molecule has 0 aliphatic rings. The number of nitrogens with one attached hydrogen (secondary N) is 1. The summed E-state index contributed by atoms with van der Waals surface area (Å²) in [4.78, 5) is 22.7. The molecule has 0 spiro atoms. The lowest BCUT2D eigenvalue weighted by atomic mass is 10.1. The number of hydrazone groups is 1. The zero-order valence-corrected chi connectivity index (χ0v) is 16.1. The van der Waals surface area contributed by atoms with Gasteiger partial charge in [0.05, 0.1) is 28.3 Å². The van der Waals surface area contributed by atoms with E-state index in [2.05, 4.69) is 26.5 Å². The van der Waals surface area contributed by atoms with Crippen LogP contribution in [0.4, 0.5) is 5.69 Å². The van der Waals surface area contributed by atoms with Gasteiger partial charge < -0.3 is 9.84 Å². The monoisotopic (exact) mass is 443 g/mol. The fourth-order valence-corrected chi connectivity index (χ4v) is 3.08. The molecule has 8 nitrogen and oxygen atoms in total. The smallest absolute Gasteiger partial charge is 0.312 e. The van der Waals surface area contributed by atoms with Crippen LogP contribution in [0, 0.1) is 10.1 Å². The predicted molar refractivity (Wildman–Crippen MR) is 108 cm³/mol. The Morgan fingerprint density at radius 2 is 1.93 bits per heavy atom. The van der Waals surface area contributed by atoms with E-state index in [4.69, 9.17) is 4.74 Å². The summed E-state index contributed by atoms with van der Waals surface area (Å²) < 4.78 is 5.43. The summed E-state index contributed by atoms with van der Waals surface area (Å²) in [5, 5.41) is 26.3. The standard InChI is InChI=1S/C19H14BrN3O5/c1-28-17-9-13-5-3-2-4-12(13)8-14(17)19(25)22-21-10-11-6-15(20)18(24)16(7-11)23(26)27/h2-10,24H,1H3,(H,22,25)/b21-10-. The first-order valence-corrected chi connectivity index (χ1v) is 8.77. The molecule has 3 aromatic rings. The third-order valence-electron chi connectivity index (χ3n) is 3.95. The Kier molecular flexibility index (Phi) is 5.55. The van der Waals surface area contributed by atoms with Crippen molar-refractivity contribution < 1.29 is 19.6 Å². The number of ether oxygens (including phenoxy) is 1. The van der Waals surface area contributed by atoms with Gasteiger partial charge in [0.15, 0.2) is 0 Å². The number of rotatable bonds is 5. The highest BCUT2D eigenvalue weighted by atomic mass is 79.9. The van der Waals surface area contributed by atoms with Crippen LogP contribution in [0.2, 0.25) is 0 Å². The van der Waals surface area contributed by atoms with E-state index in [0.717, 1.165) is 16.8 Å². The van der Waals surface area contributed by atoms with E-state index in [1.807, 2.05) is 24.3 Å². The summed E-state index contributed by atoms with van der Waals surface area (Å²) in [7, 11) is 1.47. The topological polar surface area (TPSA) is 114 Å². The molecule has 0 unspecified atom stereocenters. The number of benzene rings is 3. The normalized spacial score (nSPS) is 10.9. The number of phenols is 1. The number of fused-ring (bicyclic) bond motifs is 1. The minimum atomic E-state index is -0.712. The molecule has 0 aromatic heterocycles. The Bertz CT molecular complexity index is 1110. The van der Waals surface area contributed by atoms with Gasteiger partial charge in [0.1, 0.15) is 5.75 Å². The van der Waals surface area contributed by atoms with Crippen LogP contribution in [0.5, 0.6) is 11.5 Å². The van der Waals surface area contributed by atoms with Gasteiger partial charge in [0.2, 0.25) is 5.75 Å². The molecule has 0 saturated heterocycles. The first-order valence-electron chi connectivity index (χ1n) is 7.98. The highest BCUT2D eigenvalue weighted by molar-refractivity contribution is 9.10. The van der Waals surface area contributed by atoms with Gasteiger partial charge in [-0.3, -0.25) is 14.9 Å². The Morgan fingerprint density at radius 3 is 2.57 bits per heavy atom. The molecule has 142 valence electrons. The third kappa shape index (κ3) is 3.94. The maximum Gasteiger partial charge on any atom is 0.312 e. The van der Waals surface area contributed by atoms with Gasteiger partial charge in [0.25, 0.3) is 5.91 Å². The second kappa shape index (κ2) is 8.05. The first kappa shape index (κ1) is 19.3. The Labute approximate surface area is 167 Å². The van der Waals surface area contributed by atoms with Crippen molar-refractivity contribution in [3.05, 3.63) is 74.2 Å². The first-order chi connectivity index (χ1) is 13.4. The van der Waals surface area contributed by atoms with Gasteiger partial charge in [-0.05, 0) is 44.9 Å². The Hall–Kier alpha value is -3.46. The third-order valence-corrected chi connectivity index (χ3v) is 4.56. The van der Waals surface area contributed by atoms with E-state index in [1.165, 1.54) is 19.4 Å². The second-order valence-corrected chi connectivity index (χ2v) is 6.58. The summed E-state index contributed by atoms with van der Waals surface area (Å²) >= 11 is 3.04. The Morgan fingerprint density at radius 1 is 1.25 bits per heavy atom. The van der Waals surface area contributed by atoms with Gasteiger partial charge in [-0.2, -0.15) is 5.10 Å². The summed E-state index contributed by atoms with van der Waals surface area (Å²) in [6, 6.07) is 13.6. The van der Waals surface area contributed by atoms with E-state index in [1.54, 1.807) is 12.1 Å². The summed E-state index contributed by atoms with van der Waals surface area (Å²) in [5.74, 6) is -0.576. The van der Waals surface area contributed by atoms with E-state index in [-0.39, 0.29) is 4.47 Å². The van der Waals surface area contributed by atoms with Crippen LogP contribution in [0.25, 0.3) is 10.8 Å². The lowest BCUT2D eigenvalue weighted by molar-refractivity contribution is -0.386. The number of methoxy groups -OCH3 is 1. The molecule has 9 heteroatoms. The lowest BCUT2D eigenvalue weighted by Crippen LogP contribution is -2.18. The van der Waals surface area contributed by atoms with Crippen LogP contribution in [-0.4, -0.2) is 29.3 Å². The maximum absolute atomic E-state index is 12.5. The molecule has 0 aliphatic carbocycles. The highest BCUT2D eigenvalue weighted by Gasteiger charge is 2.17. The number of carbonyl (C=O) groups is 1. The lowest BCUT2D eigenvalue weighted by Gasteiger charge is -2.09. The molecule has 0 aliphatic heterocycles. The van der Waals surface area contributed by atoms with E-state index in [9.17, 15) is 20.0 Å². The Balaban J connectivity index is 1.84. The summed E-state index contributed by atoms with van der Waals surface area (Å²) in [6.07, 6.45) is 1.24. The fraction of sp³-hybridized carbons (Fsp3) is 0.0526. The zero-order valence-electron chi connectivity index (χ0n) is 14.5. The molecule has 0 radical (unpaired) electrons. The second-order valence-electron chi connectivity index (χ2n) is 5.73. The molecule has 1 amide bonds. The molecule has 3 rings (SSSR count). The van der Waals surface area contributed by atoms with Gasteiger partial charge >= 0.3 is 5.69 Å². The number of nitro groups is 1. The fourth-order valence-electron chi connectivity index (χ4n) is 2.61. The minimum absolute atomic E-state index is 0.144. The summed E-state index contributed by atoms with van der Waals surface area (Å²) in [6.45, 7) is 0. The number of hydrogen-bond donors (Lipinski definition) is 2. The number of nitro benzene ring substituents is 1. The molecule has 0 saturated carbocycles. The van der Waals surface area contributed by atoms with Gasteiger partial charge in [0, 0.05) is 11.6 Å². The van der Waals surface area contributed by atoms with Crippen molar-refractivity contribution in [1.29, 1.82) is 0 Å². The molecular formula is C19H14BrN3O5. The number of nitrogens with zero attached hydrogens (tertiary/aromatic N) is 2. The van der Waals surface area contributed by atoms with Crippen molar-refractivity contribution in [1.82, 2.24) is 5.43 Å². The van der Waals surface area contributed by atoms with Crippen molar-refractivity contribution >= 4 is 44.5 Å². The van der Waals surface area contributed by atoms with Crippen LogP contribution >= 0.6 is 15.9 Å². The quantitative estimate of drug-likeness (QED) is 0.351. The van der Waals surface area contributed by atoms with Crippen molar-refractivity contribution in [2.75, 3.05) is 7.11 Å². The van der Waals surface area contributed by atoms with Gasteiger partial charge in [-0.15, -0.1) is 0 Å². The molecule has 0 atom stereocenters. The number of aromatic hydroxyl groups is 1.